The van der Waals surface area contributed by atoms with Crippen LogP contribution in [-0.4, -0.2) is 12.0 Å². The molecule has 27 heavy (non-hydrogen) atoms. The van der Waals surface area contributed by atoms with Crippen molar-refractivity contribution in [3.05, 3.63) is 83.9 Å². The second-order valence-electron chi connectivity index (χ2n) is 6.46. The number of carbonyl (C=O) groups is 1. The molecule has 1 amide bonds. The van der Waals surface area contributed by atoms with Gasteiger partial charge in [-0.05, 0) is 74.4 Å². The molecular weight excluding hydrogens is 338 g/mol. The molecule has 1 atom stereocenters. The Hall–Kier alpha value is -3.27. The molecule has 3 aromatic carbocycles. The molecule has 0 fully saturated rings. The molecule has 0 radical (unpaired) electrons. The van der Waals surface area contributed by atoms with E-state index in [2.05, 4.69) is 5.32 Å². The minimum atomic E-state index is -0.606. The zero-order valence-corrected chi connectivity index (χ0v) is 15.7. The first kappa shape index (κ1) is 18.5. The molecule has 0 heterocycles. The smallest absolute Gasteiger partial charge is 0.265 e. The Morgan fingerprint density at radius 1 is 0.889 bits per heavy atom. The van der Waals surface area contributed by atoms with Crippen molar-refractivity contribution in [2.45, 2.75) is 26.9 Å². The average molecular weight is 361 g/mol. The van der Waals surface area contributed by atoms with Gasteiger partial charge < -0.3 is 14.8 Å². The van der Waals surface area contributed by atoms with Gasteiger partial charge in [-0.2, -0.15) is 0 Å². The molecule has 0 aliphatic carbocycles. The molecule has 0 aliphatic rings. The zero-order valence-electron chi connectivity index (χ0n) is 15.7. The summed E-state index contributed by atoms with van der Waals surface area (Å²) in [5.74, 6) is 2.00. The van der Waals surface area contributed by atoms with E-state index in [9.17, 15) is 4.79 Å². The average Bonchev–Trinajstić information content (AvgIpc) is 2.67. The number of ether oxygens (including phenoxy) is 2. The van der Waals surface area contributed by atoms with Gasteiger partial charge in [-0.1, -0.05) is 30.3 Å². The van der Waals surface area contributed by atoms with Crippen LogP contribution in [0.3, 0.4) is 0 Å². The van der Waals surface area contributed by atoms with Gasteiger partial charge in [-0.25, -0.2) is 0 Å². The molecule has 3 aromatic rings. The van der Waals surface area contributed by atoms with Crippen molar-refractivity contribution in [3.8, 4) is 17.2 Å². The lowest BCUT2D eigenvalue weighted by atomic mass is 10.1. The van der Waals surface area contributed by atoms with Crippen LogP contribution < -0.4 is 14.8 Å². The van der Waals surface area contributed by atoms with Gasteiger partial charge in [0.25, 0.3) is 5.91 Å². The SMILES string of the molecule is Cc1ccc(C)c(O[C@H](C)C(=O)Nc2ccc(Oc3ccccc3)cc2)c1. The van der Waals surface area contributed by atoms with Crippen molar-refractivity contribution in [1.82, 2.24) is 0 Å². The highest BCUT2D eigenvalue weighted by Gasteiger charge is 2.16. The number of carbonyl (C=O) groups excluding carboxylic acids is 1. The summed E-state index contributed by atoms with van der Waals surface area (Å²) in [7, 11) is 0. The number of anilines is 1. The molecule has 0 aromatic heterocycles. The first-order valence-corrected chi connectivity index (χ1v) is 8.89. The summed E-state index contributed by atoms with van der Waals surface area (Å²) in [6.07, 6.45) is -0.606. The van der Waals surface area contributed by atoms with Crippen LogP contribution in [0.2, 0.25) is 0 Å². The third-order valence-electron chi connectivity index (χ3n) is 4.12. The molecule has 0 bridgehead atoms. The monoisotopic (exact) mass is 361 g/mol. The zero-order chi connectivity index (χ0) is 19.2. The molecule has 0 saturated heterocycles. The van der Waals surface area contributed by atoms with Gasteiger partial charge in [0.2, 0.25) is 0 Å². The molecule has 0 unspecified atom stereocenters. The summed E-state index contributed by atoms with van der Waals surface area (Å²) in [6.45, 7) is 5.70. The summed E-state index contributed by atoms with van der Waals surface area (Å²) < 4.78 is 11.6. The van der Waals surface area contributed by atoms with Crippen molar-refractivity contribution in [2.24, 2.45) is 0 Å². The number of benzene rings is 3. The molecule has 3 rings (SSSR count). The predicted molar refractivity (Wildman–Crippen MR) is 108 cm³/mol. The molecule has 4 nitrogen and oxygen atoms in total. The second-order valence-corrected chi connectivity index (χ2v) is 6.46. The first-order valence-electron chi connectivity index (χ1n) is 8.89. The lowest BCUT2D eigenvalue weighted by Crippen LogP contribution is -2.30. The number of amides is 1. The van der Waals surface area contributed by atoms with E-state index in [-0.39, 0.29) is 5.91 Å². The maximum absolute atomic E-state index is 12.4. The Kier molecular flexibility index (Phi) is 5.77. The molecule has 1 N–H and O–H groups in total. The molecule has 0 aliphatic heterocycles. The van der Waals surface area contributed by atoms with Crippen LogP contribution in [0.5, 0.6) is 17.2 Å². The Morgan fingerprint density at radius 2 is 1.56 bits per heavy atom. The van der Waals surface area contributed by atoms with E-state index in [0.717, 1.165) is 22.6 Å². The summed E-state index contributed by atoms with van der Waals surface area (Å²) >= 11 is 0. The van der Waals surface area contributed by atoms with Crippen molar-refractivity contribution >= 4 is 11.6 Å². The number of rotatable bonds is 6. The topological polar surface area (TPSA) is 47.6 Å². The molecule has 138 valence electrons. The fourth-order valence-electron chi connectivity index (χ4n) is 2.55. The van der Waals surface area contributed by atoms with E-state index in [1.54, 1.807) is 19.1 Å². The lowest BCUT2D eigenvalue weighted by Gasteiger charge is -2.17. The van der Waals surface area contributed by atoms with Gasteiger partial charge in [0.1, 0.15) is 17.2 Å². The van der Waals surface area contributed by atoms with Crippen LogP contribution in [0.1, 0.15) is 18.1 Å². The van der Waals surface area contributed by atoms with E-state index in [1.807, 2.05) is 74.5 Å². The van der Waals surface area contributed by atoms with Gasteiger partial charge in [-0.3, -0.25) is 4.79 Å². The van der Waals surface area contributed by atoms with Crippen LogP contribution >= 0.6 is 0 Å². The van der Waals surface area contributed by atoms with E-state index < -0.39 is 6.10 Å². The van der Waals surface area contributed by atoms with Gasteiger partial charge >= 0.3 is 0 Å². The van der Waals surface area contributed by atoms with Crippen molar-refractivity contribution in [2.75, 3.05) is 5.32 Å². The minimum absolute atomic E-state index is 0.201. The normalized spacial score (nSPS) is 11.5. The number of hydrogen-bond donors (Lipinski definition) is 1. The predicted octanol–water partition coefficient (Wildman–Crippen LogP) is 5.50. The summed E-state index contributed by atoms with van der Waals surface area (Å²) in [6, 6.07) is 22.8. The summed E-state index contributed by atoms with van der Waals surface area (Å²) in [4.78, 5) is 12.4. The summed E-state index contributed by atoms with van der Waals surface area (Å²) in [5.41, 5.74) is 2.79. The number of hydrogen-bond acceptors (Lipinski definition) is 3. The van der Waals surface area contributed by atoms with Crippen molar-refractivity contribution < 1.29 is 14.3 Å². The van der Waals surface area contributed by atoms with E-state index in [0.29, 0.717) is 11.4 Å². The Labute approximate surface area is 159 Å². The van der Waals surface area contributed by atoms with Crippen molar-refractivity contribution in [3.63, 3.8) is 0 Å². The Morgan fingerprint density at radius 3 is 2.26 bits per heavy atom. The minimum Gasteiger partial charge on any atom is -0.481 e. The summed E-state index contributed by atoms with van der Waals surface area (Å²) in [5, 5.41) is 2.87. The van der Waals surface area contributed by atoms with Crippen molar-refractivity contribution in [1.29, 1.82) is 0 Å². The highest BCUT2D eigenvalue weighted by molar-refractivity contribution is 5.94. The highest BCUT2D eigenvalue weighted by atomic mass is 16.5. The highest BCUT2D eigenvalue weighted by Crippen LogP contribution is 2.23. The second kappa shape index (κ2) is 8.41. The number of nitrogens with one attached hydrogen (secondary N) is 1. The van der Waals surface area contributed by atoms with Gasteiger partial charge in [0.05, 0.1) is 0 Å². The van der Waals surface area contributed by atoms with Gasteiger partial charge in [0, 0.05) is 5.69 Å². The molecule has 4 heteroatoms. The number of para-hydroxylation sites is 1. The first-order chi connectivity index (χ1) is 13.0. The third-order valence-corrected chi connectivity index (χ3v) is 4.12. The molecule has 0 spiro atoms. The van der Waals surface area contributed by atoms with E-state index in [4.69, 9.17) is 9.47 Å². The largest absolute Gasteiger partial charge is 0.481 e. The van der Waals surface area contributed by atoms with Gasteiger partial charge in [-0.15, -0.1) is 0 Å². The third kappa shape index (κ3) is 5.11. The van der Waals surface area contributed by atoms with Crippen LogP contribution in [0.25, 0.3) is 0 Å². The van der Waals surface area contributed by atoms with Crippen LogP contribution in [-0.2, 0) is 4.79 Å². The maximum atomic E-state index is 12.4. The van der Waals surface area contributed by atoms with Crippen LogP contribution in [0.4, 0.5) is 5.69 Å². The Bertz CT molecular complexity index is 905. The van der Waals surface area contributed by atoms with E-state index >= 15 is 0 Å². The quantitative estimate of drug-likeness (QED) is 0.630. The number of aryl methyl sites for hydroxylation is 2. The molecular formula is C23H23NO3. The van der Waals surface area contributed by atoms with Gasteiger partial charge in [0.15, 0.2) is 6.10 Å². The maximum Gasteiger partial charge on any atom is 0.265 e. The Balaban J connectivity index is 1.59. The van der Waals surface area contributed by atoms with Crippen LogP contribution in [0.15, 0.2) is 72.8 Å². The van der Waals surface area contributed by atoms with E-state index in [1.165, 1.54) is 0 Å². The van der Waals surface area contributed by atoms with Crippen LogP contribution in [0, 0.1) is 13.8 Å². The fraction of sp³-hybridized carbons (Fsp3) is 0.174. The molecule has 0 saturated carbocycles. The fourth-order valence-corrected chi connectivity index (χ4v) is 2.55. The standard InChI is InChI=1S/C23H23NO3/c1-16-9-10-17(2)22(15-16)26-18(3)23(25)24-19-11-13-21(14-12-19)27-20-7-5-4-6-8-20/h4-15,18H,1-3H3,(H,24,25)/t18-/m1/s1. The lowest BCUT2D eigenvalue weighted by molar-refractivity contribution is -0.122.